The van der Waals surface area contributed by atoms with Crippen molar-refractivity contribution in [3.05, 3.63) is 71.3 Å². The smallest absolute Gasteiger partial charge is 0.317 e. The third-order valence-electron chi connectivity index (χ3n) is 5.16. The van der Waals surface area contributed by atoms with E-state index in [0.717, 1.165) is 44.0 Å². The third kappa shape index (κ3) is 5.55. The summed E-state index contributed by atoms with van der Waals surface area (Å²) in [5.74, 6) is 0. The van der Waals surface area contributed by atoms with Gasteiger partial charge in [-0.05, 0) is 23.6 Å². The fourth-order valence-corrected chi connectivity index (χ4v) is 3.21. The molecule has 1 fully saturated rings. The van der Waals surface area contributed by atoms with Gasteiger partial charge >= 0.3 is 6.03 Å². The monoisotopic (exact) mass is 367 g/mol. The normalized spacial score (nSPS) is 15.9. The molecule has 0 aromatic heterocycles. The summed E-state index contributed by atoms with van der Waals surface area (Å²) in [5, 5.41) is 3.01. The number of amides is 2. The Balaban J connectivity index is 1.48. The fourth-order valence-electron chi connectivity index (χ4n) is 3.21. The van der Waals surface area contributed by atoms with Crippen molar-refractivity contribution >= 4 is 6.03 Å². The molecular formula is C22H29N3O2. The molecule has 1 aliphatic heterocycles. The summed E-state index contributed by atoms with van der Waals surface area (Å²) in [5.41, 5.74) is 3.53. The van der Waals surface area contributed by atoms with Gasteiger partial charge in [-0.1, -0.05) is 54.6 Å². The molecule has 2 aromatic carbocycles. The molecule has 5 nitrogen and oxygen atoms in total. The van der Waals surface area contributed by atoms with Crippen LogP contribution in [0.4, 0.5) is 4.79 Å². The number of urea groups is 1. The van der Waals surface area contributed by atoms with Gasteiger partial charge in [0, 0.05) is 33.2 Å². The number of ether oxygens (including phenoxy) is 1. The highest BCUT2D eigenvalue weighted by Gasteiger charge is 2.16. The van der Waals surface area contributed by atoms with E-state index in [1.54, 1.807) is 4.90 Å². The fraction of sp³-hybridized carbons (Fsp3) is 0.409. The average molecular weight is 367 g/mol. The molecule has 0 bridgehead atoms. The highest BCUT2D eigenvalue weighted by Crippen LogP contribution is 2.18. The highest BCUT2D eigenvalue weighted by molar-refractivity contribution is 5.74. The van der Waals surface area contributed by atoms with Crippen molar-refractivity contribution in [2.75, 3.05) is 33.4 Å². The SMILES string of the molecule is C[C@@H](c1ccccc1)N(C)C(=O)NCc1ccc(CN2CCOCC2)cc1. The van der Waals surface area contributed by atoms with Crippen LogP contribution in [0.2, 0.25) is 0 Å². The molecule has 0 aliphatic carbocycles. The van der Waals surface area contributed by atoms with E-state index in [2.05, 4.69) is 34.5 Å². The summed E-state index contributed by atoms with van der Waals surface area (Å²) in [6, 6.07) is 18.5. The molecule has 1 heterocycles. The Morgan fingerprint density at radius 1 is 1.07 bits per heavy atom. The molecule has 27 heavy (non-hydrogen) atoms. The average Bonchev–Trinajstić information content (AvgIpc) is 2.73. The van der Waals surface area contributed by atoms with Gasteiger partial charge in [-0.3, -0.25) is 4.90 Å². The maximum Gasteiger partial charge on any atom is 0.317 e. The third-order valence-corrected chi connectivity index (χ3v) is 5.16. The van der Waals surface area contributed by atoms with E-state index >= 15 is 0 Å². The zero-order chi connectivity index (χ0) is 19.1. The molecule has 1 saturated heterocycles. The lowest BCUT2D eigenvalue weighted by Crippen LogP contribution is -2.38. The first-order valence-electron chi connectivity index (χ1n) is 9.57. The molecule has 0 unspecified atom stereocenters. The minimum Gasteiger partial charge on any atom is -0.379 e. The van der Waals surface area contributed by atoms with Gasteiger partial charge in [0.05, 0.1) is 19.3 Å². The molecule has 3 rings (SSSR count). The topological polar surface area (TPSA) is 44.8 Å². The van der Waals surface area contributed by atoms with Gasteiger partial charge in [0.25, 0.3) is 0 Å². The first-order valence-corrected chi connectivity index (χ1v) is 9.57. The van der Waals surface area contributed by atoms with Gasteiger partial charge in [-0.15, -0.1) is 0 Å². The predicted molar refractivity (Wildman–Crippen MR) is 107 cm³/mol. The standard InChI is InChI=1S/C22H29N3O2/c1-18(21-6-4-3-5-7-21)24(2)22(26)23-16-19-8-10-20(11-9-19)17-25-12-14-27-15-13-25/h3-11,18H,12-17H2,1-2H3,(H,23,26)/t18-/m0/s1. The molecule has 0 saturated carbocycles. The summed E-state index contributed by atoms with van der Waals surface area (Å²) in [6.07, 6.45) is 0. The Hall–Kier alpha value is -2.37. The van der Waals surface area contributed by atoms with Crippen molar-refractivity contribution in [3.63, 3.8) is 0 Å². The number of hydrogen-bond acceptors (Lipinski definition) is 3. The molecule has 144 valence electrons. The van der Waals surface area contributed by atoms with Crippen LogP contribution in [0.25, 0.3) is 0 Å². The molecule has 0 radical (unpaired) electrons. The molecule has 0 spiro atoms. The number of morpholine rings is 1. The zero-order valence-corrected chi connectivity index (χ0v) is 16.2. The Labute approximate surface area is 161 Å². The van der Waals surface area contributed by atoms with E-state index in [1.165, 1.54) is 5.56 Å². The minimum atomic E-state index is -0.0660. The Kier molecular flexibility index (Phi) is 6.85. The van der Waals surface area contributed by atoms with Crippen molar-refractivity contribution in [1.29, 1.82) is 0 Å². The lowest BCUT2D eigenvalue weighted by molar-refractivity contribution is 0.0342. The van der Waals surface area contributed by atoms with Crippen LogP contribution in [-0.2, 0) is 17.8 Å². The molecule has 1 aliphatic rings. The van der Waals surface area contributed by atoms with E-state index in [1.807, 2.05) is 44.3 Å². The van der Waals surface area contributed by atoms with Gasteiger partial charge in [0.1, 0.15) is 0 Å². The Bertz CT molecular complexity index is 712. The van der Waals surface area contributed by atoms with Gasteiger partial charge < -0.3 is 15.0 Å². The summed E-state index contributed by atoms with van der Waals surface area (Å²) in [6.45, 7) is 7.14. The number of hydrogen-bond donors (Lipinski definition) is 1. The first-order chi connectivity index (χ1) is 13.1. The van der Waals surface area contributed by atoms with Crippen LogP contribution in [0.3, 0.4) is 0 Å². The maximum atomic E-state index is 12.5. The predicted octanol–water partition coefficient (Wildman–Crippen LogP) is 3.42. The quantitative estimate of drug-likeness (QED) is 0.851. The van der Waals surface area contributed by atoms with Crippen LogP contribution in [0.15, 0.2) is 54.6 Å². The molecule has 5 heteroatoms. The van der Waals surface area contributed by atoms with E-state index in [4.69, 9.17) is 4.74 Å². The van der Waals surface area contributed by atoms with Gasteiger partial charge in [0.2, 0.25) is 0 Å². The van der Waals surface area contributed by atoms with Crippen LogP contribution in [0, 0.1) is 0 Å². The number of nitrogens with zero attached hydrogens (tertiary/aromatic N) is 2. The van der Waals surface area contributed by atoms with Crippen molar-refractivity contribution in [3.8, 4) is 0 Å². The summed E-state index contributed by atoms with van der Waals surface area (Å²) in [7, 11) is 1.83. The number of nitrogens with one attached hydrogen (secondary N) is 1. The van der Waals surface area contributed by atoms with E-state index < -0.39 is 0 Å². The maximum absolute atomic E-state index is 12.5. The summed E-state index contributed by atoms with van der Waals surface area (Å²) in [4.78, 5) is 16.6. The Morgan fingerprint density at radius 2 is 1.70 bits per heavy atom. The number of carbonyl (C=O) groups excluding carboxylic acids is 1. The van der Waals surface area contributed by atoms with E-state index in [0.29, 0.717) is 6.54 Å². The molecule has 2 amide bonds. The zero-order valence-electron chi connectivity index (χ0n) is 16.2. The van der Waals surface area contributed by atoms with Crippen LogP contribution in [0.5, 0.6) is 0 Å². The lowest BCUT2D eigenvalue weighted by Gasteiger charge is -2.26. The summed E-state index contributed by atoms with van der Waals surface area (Å²) >= 11 is 0. The number of benzene rings is 2. The van der Waals surface area contributed by atoms with Crippen molar-refractivity contribution < 1.29 is 9.53 Å². The number of carbonyl (C=O) groups is 1. The van der Waals surface area contributed by atoms with Crippen LogP contribution in [0.1, 0.15) is 29.7 Å². The second-order valence-electron chi connectivity index (χ2n) is 7.06. The van der Waals surface area contributed by atoms with Gasteiger partial charge in [0.15, 0.2) is 0 Å². The molecule has 2 aromatic rings. The highest BCUT2D eigenvalue weighted by atomic mass is 16.5. The second-order valence-corrected chi connectivity index (χ2v) is 7.06. The van der Waals surface area contributed by atoms with Crippen LogP contribution < -0.4 is 5.32 Å². The molecule has 1 N–H and O–H groups in total. The molecular weight excluding hydrogens is 338 g/mol. The van der Waals surface area contributed by atoms with E-state index in [-0.39, 0.29) is 12.1 Å². The van der Waals surface area contributed by atoms with Gasteiger partial charge in [-0.2, -0.15) is 0 Å². The van der Waals surface area contributed by atoms with Crippen molar-refractivity contribution in [2.45, 2.75) is 26.1 Å². The van der Waals surface area contributed by atoms with Crippen LogP contribution in [-0.4, -0.2) is 49.2 Å². The first kappa shape index (κ1) is 19.4. The van der Waals surface area contributed by atoms with Crippen molar-refractivity contribution in [1.82, 2.24) is 15.1 Å². The summed E-state index contributed by atoms with van der Waals surface area (Å²) < 4.78 is 5.39. The van der Waals surface area contributed by atoms with Gasteiger partial charge in [-0.25, -0.2) is 4.79 Å². The second kappa shape index (κ2) is 9.53. The van der Waals surface area contributed by atoms with Crippen LogP contribution >= 0.6 is 0 Å². The van der Waals surface area contributed by atoms with Crippen molar-refractivity contribution in [2.24, 2.45) is 0 Å². The molecule has 1 atom stereocenters. The lowest BCUT2D eigenvalue weighted by atomic mass is 10.1. The number of rotatable bonds is 6. The minimum absolute atomic E-state index is 0.0297. The largest absolute Gasteiger partial charge is 0.379 e. The van der Waals surface area contributed by atoms with E-state index in [9.17, 15) is 4.79 Å². The Morgan fingerprint density at radius 3 is 2.37 bits per heavy atom.